The highest BCUT2D eigenvalue weighted by Gasteiger charge is 2.09. The van der Waals surface area contributed by atoms with Crippen molar-refractivity contribution >= 4 is 5.97 Å². The SMILES string of the molecule is CCc1cc(C(=O)OF)cnc1C. The highest BCUT2D eigenvalue weighted by Crippen LogP contribution is 2.09. The summed E-state index contributed by atoms with van der Waals surface area (Å²) in [4.78, 5) is 17.8. The van der Waals surface area contributed by atoms with Crippen LogP contribution in [-0.2, 0) is 11.4 Å². The van der Waals surface area contributed by atoms with Gasteiger partial charge in [-0.1, -0.05) is 6.92 Å². The summed E-state index contributed by atoms with van der Waals surface area (Å²) in [5.74, 6) is -0.998. The minimum atomic E-state index is -0.998. The lowest BCUT2D eigenvalue weighted by molar-refractivity contribution is -0.0788. The Morgan fingerprint density at radius 2 is 2.38 bits per heavy atom. The van der Waals surface area contributed by atoms with Crippen LogP contribution in [0.2, 0.25) is 0 Å². The lowest BCUT2D eigenvalue weighted by Gasteiger charge is -2.02. The Hall–Kier alpha value is -1.45. The number of carbonyl (C=O) groups is 1. The van der Waals surface area contributed by atoms with E-state index in [1.165, 1.54) is 6.20 Å². The van der Waals surface area contributed by atoms with Gasteiger partial charge in [-0.3, -0.25) is 4.98 Å². The van der Waals surface area contributed by atoms with Crippen LogP contribution in [0.5, 0.6) is 0 Å². The zero-order valence-electron chi connectivity index (χ0n) is 7.50. The number of pyridine rings is 1. The molecular weight excluding hydrogens is 173 g/mol. The summed E-state index contributed by atoms with van der Waals surface area (Å²) in [6, 6.07) is 1.59. The second kappa shape index (κ2) is 3.98. The number of hydrogen-bond donors (Lipinski definition) is 0. The van der Waals surface area contributed by atoms with Crippen molar-refractivity contribution in [2.24, 2.45) is 0 Å². The summed E-state index contributed by atoms with van der Waals surface area (Å²) in [5.41, 5.74) is 1.91. The molecule has 0 fully saturated rings. The van der Waals surface area contributed by atoms with E-state index < -0.39 is 5.97 Å². The van der Waals surface area contributed by atoms with Crippen molar-refractivity contribution in [3.63, 3.8) is 0 Å². The van der Waals surface area contributed by atoms with E-state index in [4.69, 9.17) is 0 Å². The van der Waals surface area contributed by atoms with Gasteiger partial charge in [0.15, 0.2) is 0 Å². The van der Waals surface area contributed by atoms with Gasteiger partial charge in [0, 0.05) is 16.4 Å². The van der Waals surface area contributed by atoms with E-state index in [-0.39, 0.29) is 5.56 Å². The Morgan fingerprint density at radius 1 is 1.69 bits per heavy atom. The van der Waals surface area contributed by atoms with Gasteiger partial charge in [-0.05, 0) is 25.0 Å². The average molecular weight is 183 g/mol. The van der Waals surface area contributed by atoms with E-state index in [2.05, 4.69) is 9.93 Å². The molecule has 0 aliphatic carbocycles. The van der Waals surface area contributed by atoms with Crippen molar-refractivity contribution in [1.82, 2.24) is 4.98 Å². The lowest BCUT2D eigenvalue weighted by Crippen LogP contribution is -2.02. The van der Waals surface area contributed by atoms with Crippen molar-refractivity contribution in [3.05, 3.63) is 29.1 Å². The predicted octanol–water partition coefficient (Wildman–Crippen LogP) is 1.99. The molecule has 0 saturated heterocycles. The number of carbonyl (C=O) groups excluding carboxylic acids is 1. The van der Waals surface area contributed by atoms with E-state index >= 15 is 0 Å². The van der Waals surface area contributed by atoms with Crippen molar-refractivity contribution in [3.8, 4) is 0 Å². The van der Waals surface area contributed by atoms with Crippen molar-refractivity contribution in [1.29, 1.82) is 0 Å². The maximum Gasteiger partial charge on any atom is 0.381 e. The zero-order valence-corrected chi connectivity index (χ0v) is 7.50. The Labute approximate surface area is 75.5 Å². The van der Waals surface area contributed by atoms with Crippen LogP contribution in [-0.4, -0.2) is 11.0 Å². The average Bonchev–Trinajstić information content (AvgIpc) is 2.17. The Balaban J connectivity index is 3.06. The van der Waals surface area contributed by atoms with Crippen LogP contribution in [0.4, 0.5) is 4.53 Å². The summed E-state index contributed by atoms with van der Waals surface area (Å²) >= 11 is 0. The van der Waals surface area contributed by atoms with Crippen LogP contribution in [0, 0.1) is 6.92 Å². The first-order chi connectivity index (χ1) is 6.19. The third kappa shape index (κ3) is 2.02. The summed E-state index contributed by atoms with van der Waals surface area (Å²) in [6.45, 7) is 3.78. The summed E-state index contributed by atoms with van der Waals surface area (Å²) in [6.07, 6.45) is 2.06. The van der Waals surface area contributed by atoms with Gasteiger partial charge < -0.3 is 0 Å². The van der Waals surface area contributed by atoms with Crippen LogP contribution in [0.3, 0.4) is 0 Å². The maximum absolute atomic E-state index is 11.5. The fourth-order valence-corrected chi connectivity index (χ4v) is 1.09. The van der Waals surface area contributed by atoms with Gasteiger partial charge in [-0.15, -0.1) is 0 Å². The Kier molecular flexibility index (Phi) is 2.95. The fourth-order valence-electron chi connectivity index (χ4n) is 1.09. The number of aromatic nitrogens is 1. The van der Waals surface area contributed by atoms with E-state index in [1.54, 1.807) is 6.07 Å². The molecule has 1 aromatic heterocycles. The largest absolute Gasteiger partial charge is 0.381 e. The molecule has 1 rings (SSSR count). The molecule has 0 aromatic carbocycles. The molecule has 4 heteroatoms. The molecule has 0 atom stereocenters. The summed E-state index contributed by atoms with van der Waals surface area (Å²) in [5, 5.41) is 0. The van der Waals surface area contributed by atoms with Gasteiger partial charge in [0.05, 0.1) is 5.56 Å². The monoisotopic (exact) mass is 183 g/mol. The first kappa shape index (κ1) is 9.64. The molecule has 0 amide bonds. The molecule has 0 N–H and O–H groups in total. The fraction of sp³-hybridized carbons (Fsp3) is 0.333. The molecule has 0 aliphatic heterocycles. The van der Waals surface area contributed by atoms with Crippen molar-refractivity contribution < 1.29 is 14.3 Å². The quantitative estimate of drug-likeness (QED) is 0.703. The number of nitrogens with zero attached hydrogens (tertiary/aromatic N) is 1. The van der Waals surface area contributed by atoms with Crippen LogP contribution < -0.4 is 0 Å². The van der Waals surface area contributed by atoms with E-state index in [0.29, 0.717) is 0 Å². The molecule has 1 aromatic rings. The third-order valence-corrected chi connectivity index (χ3v) is 1.88. The van der Waals surface area contributed by atoms with Crippen molar-refractivity contribution in [2.45, 2.75) is 20.3 Å². The second-order valence-corrected chi connectivity index (χ2v) is 2.69. The molecule has 0 aliphatic rings. The van der Waals surface area contributed by atoms with E-state index in [0.717, 1.165) is 17.7 Å². The van der Waals surface area contributed by atoms with Crippen LogP contribution in [0.15, 0.2) is 12.3 Å². The molecule has 13 heavy (non-hydrogen) atoms. The number of hydrogen-bond acceptors (Lipinski definition) is 3. The van der Waals surface area contributed by atoms with Gasteiger partial charge >= 0.3 is 5.97 Å². The standard InChI is InChI=1S/C9H10FNO2/c1-3-7-4-8(9(12)13-10)5-11-6(7)2/h4-5H,3H2,1-2H3. The zero-order chi connectivity index (χ0) is 9.84. The molecule has 0 saturated carbocycles. The maximum atomic E-state index is 11.5. The van der Waals surface area contributed by atoms with E-state index in [9.17, 15) is 9.32 Å². The molecule has 0 spiro atoms. The van der Waals surface area contributed by atoms with Gasteiger partial charge in [-0.2, -0.15) is 0 Å². The number of aryl methyl sites for hydroxylation is 2. The topological polar surface area (TPSA) is 39.2 Å². The van der Waals surface area contributed by atoms with E-state index in [1.807, 2.05) is 13.8 Å². The van der Waals surface area contributed by atoms with Gasteiger partial charge in [0.1, 0.15) is 0 Å². The highest BCUT2D eigenvalue weighted by atomic mass is 19.3. The second-order valence-electron chi connectivity index (χ2n) is 2.69. The lowest BCUT2D eigenvalue weighted by atomic mass is 10.1. The molecule has 0 bridgehead atoms. The van der Waals surface area contributed by atoms with Gasteiger partial charge in [-0.25, -0.2) is 9.74 Å². The van der Waals surface area contributed by atoms with Crippen molar-refractivity contribution in [2.75, 3.05) is 0 Å². The molecule has 0 unspecified atom stereocenters. The first-order valence-electron chi connectivity index (χ1n) is 3.97. The number of halogens is 1. The van der Waals surface area contributed by atoms with Crippen LogP contribution in [0.25, 0.3) is 0 Å². The minimum absolute atomic E-state index is 0.143. The molecule has 70 valence electrons. The van der Waals surface area contributed by atoms with Crippen LogP contribution >= 0.6 is 0 Å². The summed E-state index contributed by atoms with van der Waals surface area (Å²) in [7, 11) is 0. The summed E-state index contributed by atoms with van der Waals surface area (Å²) < 4.78 is 11.5. The smallest absolute Gasteiger partial charge is 0.260 e. The van der Waals surface area contributed by atoms with Gasteiger partial charge in [0.25, 0.3) is 0 Å². The third-order valence-electron chi connectivity index (χ3n) is 1.88. The van der Waals surface area contributed by atoms with Crippen LogP contribution in [0.1, 0.15) is 28.5 Å². The Morgan fingerprint density at radius 3 is 2.92 bits per heavy atom. The first-order valence-corrected chi connectivity index (χ1v) is 3.97. The highest BCUT2D eigenvalue weighted by molar-refractivity contribution is 5.88. The van der Waals surface area contributed by atoms with Gasteiger partial charge in [0.2, 0.25) is 0 Å². The molecule has 3 nitrogen and oxygen atoms in total. The minimum Gasteiger partial charge on any atom is -0.260 e. The Bertz CT molecular complexity index is 325. The normalized spacial score (nSPS) is 9.77. The predicted molar refractivity (Wildman–Crippen MR) is 44.9 cm³/mol. The number of rotatable bonds is 2. The molecule has 0 radical (unpaired) electrons. The molecule has 1 heterocycles. The molecular formula is C9H10FNO2.